The summed E-state index contributed by atoms with van der Waals surface area (Å²) >= 11 is 1.91. The average molecular weight is 335 g/mol. The van der Waals surface area contributed by atoms with Gasteiger partial charge in [0.05, 0.1) is 13.2 Å². The van der Waals surface area contributed by atoms with Crippen molar-refractivity contribution in [2.75, 3.05) is 49.7 Å². The average Bonchev–Trinajstić information content (AvgIpc) is 2.58. The Bertz CT molecular complexity index is 497. The number of ether oxygens (including phenoxy) is 1. The molecule has 1 amide bonds. The molecule has 0 saturated carbocycles. The topological polar surface area (TPSA) is 53.6 Å². The fraction of sp³-hybridized carbons (Fsp3) is 0.588. The highest BCUT2D eigenvalue weighted by Crippen LogP contribution is 2.14. The maximum absolute atomic E-state index is 12.1. The number of anilines is 1. The maximum Gasteiger partial charge on any atom is 0.225 e. The zero-order chi connectivity index (χ0) is 15.9. The Morgan fingerprint density at radius 2 is 2.09 bits per heavy atom. The molecule has 126 valence electrons. The first-order valence-electron chi connectivity index (χ1n) is 8.29. The maximum atomic E-state index is 12.1. The van der Waals surface area contributed by atoms with Gasteiger partial charge in [0, 0.05) is 55.8 Å². The van der Waals surface area contributed by atoms with Crippen LogP contribution in [0.4, 0.5) is 5.69 Å². The van der Waals surface area contributed by atoms with Crippen LogP contribution in [-0.2, 0) is 16.1 Å². The zero-order valence-corrected chi connectivity index (χ0v) is 14.2. The lowest BCUT2D eigenvalue weighted by Crippen LogP contribution is -2.39. The molecule has 5 nitrogen and oxygen atoms in total. The molecule has 1 aromatic carbocycles. The van der Waals surface area contributed by atoms with Gasteiger partial charge in [-0.15, -0.1) is 0 Å². The van der Waals surface area contributed by atoms with Crippen LogP contribution in [0.3, 0.4) is 0 Å². The number of carbonyl (C=O) groups is 1. The first kappa shape index (κ1) is 16.8. The van der Waals surface area contributed by atoms with Crippen molar-refractivity contribution in [2.45, 2.75) is 19.0 Å². The summed E-state index contributed by atoms with van der Waals surface area (Å²) in [4.78, 5) is 14.5. The third kappa shape index (κ3) is 5.49. The molecule has 2 aliphatic rings. The van der Waals surface area contributed by atoms with Crippen molar-refractivity contribution < 1.29 is 9.53 Å². The molecule has 2 saturated heterocycles. The van der Waals surface area contributed by atoms with Gasteiger partial charge in [-0.2, -0.15) is 11.8 Å². The second-order valence-corrected chi connectivity index (χ2v) is 7.21. The van der Waals surface area contributed by atoms with E-state index in [1.165, 1.54) is 5.56 Å². The van der Waals surface area contributed by atoms with Crippen LogP contribution in [0.1, 0.15) is 12.0 Å². The second-order valence-electron chi connectivity index (χ2n) is 6.06. The smallest absolute Gasteiger partial charge is 0.225 e. The van der Waals surface area contributed by atoms with E-state index in [-0.39, 0.29) is 5.91 Å². The van der Waals surface area contributed by atoms with Crippen molar-refractivity contribution >= 4 is 23.4 Å². The normalized spacial score (nSPS) is 22.7. The van der Waals surface area contributed by atoms with Crippen LogP contribution in [0.25, 0.3) is 0 Å². The fourth-order valence-electron chi connectivity index (χ4n) is 2.90. The first-order valence-corrected chi connectivity index (χ1v) is 9.45. The van der Waals surface area contributed by atoms with Crippen molar-refractivity contribution in [3.05, 3.63) is 29.8 Å². The Balaban J connectivity index is 1.45. The SMILES string of the molecule is O=C(CC1CSCCN1)Nc1ccc(CN2CCOCC2)cc1. The Kier molecular flexibility index (Phi) is 6.33. The quantitative estimate of drug-likeness (QED) is 0.855. The van der Waals surface area contributed by atoms with Crippen LogP contribution >= 0.6 is 11.8 Å². The van der Waals surface area contributed by atoms with Crippen molar-refractivity contribution in [1.29, 1.82) is 0 Å². The van der Waals surface area contributed by atoms with E-state index in [2.05, 4.69) is 27.7 Å². The minimum atomic E-state index is 0.0888. The lowest BCUT2D eigenvalue weighted by Gasteiger charge is -2.26. The third-order valence-electron chi connectivity index (χ3n) is 4.18. The molecule has 0 bridgehead atoms. The van der Waals surface area contributed by atoms with Crippen LogP contribution in [0.5, 0.6) is 0 Å². The highest BCUT2D eigenvalue weighted by molar-refractivity contribution is 7.99. The Morgan fingerprint density at radius 1 is 1.30 bits per heavy atom. The van der Waals surface area contributed by atoms with E-state index in [1.807, 2.05) is 23.9 Å². The molecule has 2 fully saturated rings. The molecule has 3 rings (SSSR count). The predicted octanol–water partition coefficient (Wildman–Crippen LogP) is 1.55. The van der Waals surface area contributed by atoms with Crippen LogP contribution in [-0.4, -0.2) is 61.2 Å². The molecule has 2 heterocycles. The second kappa shape index (κ2) is 8.68. The summed E-state index contributed by atoms with van der Waals surface area (Å²) in [5.41, 5.74) is 2.15. The van der Waals surface area contributed by atoms with Gasteiger partial charge in [0.1, 0.15) is 0 Å². The molecule has 1 aromatic rings. The highest BCUT2D eigenvalue weighted by Gasteiger charge is 2.16. The van der Waals surface area contributed by atoms with Crippen molar-refractivity contribution in [3.63, 3.8) is 0 Å². The number of carbonyl (C=O) groups excluding carboxylic acids is 1. The van der Waals surface area contributed by atoms with E-state index < -0.39 is 0 Å². The van der Waals surface area contributed by atoms with E-state index in [4.69, 9.17) is 4.74 Å². The Labute approximate surface area is 142 Å². The molecule has 0 radical (unpaired) electrons. The summed E-state index contributed by atoms with van der Waals surface area (Å²) in [6.07, 6.45) is 0.544. The van der Waals surface area contributed by atoms with Crippen LogP contribution in [0.15, 0.2) is 24.3 Å². The van der Waals surface area contributed by atoms with Crippen LogP contribution < -0.4 is 10.6 Å². The molecular formula is C17H25N3O2S. The summed E-state index contributed by atoms with van der Waals surface area (Å²) in [5, 5.41) is 6.39. The monoisotopic (exact) mass is 335 g/mol. The van der Waals surface area contributed by atoms with E-state index in [9.17, 15) is 4.79 Å². The van der Waals surface area contributed by atoms with E-state index in [1.54, 1.807) is 0 Å². The summed E-state index contributed by atoms with van der Waals surface area (Å²) in [6, 6.07) is 8.49. The zero-order valence-electron chi connectivity index (χ0n) is 13.4. The van der Waals surface area contributed by atoms with Gasteiger partial charge < -0.3 is 15.4 Å². The summed E-state index contributed by atoms with van der Waals surface area (Å²) in [7, 11) is 0. The third-order valence-corrected chi connectivity index (χ3v) is 5.31. The number of amides is 1. The van der Waals surface area contributed by atoms with Crippen LogP contribution in [0, 0.1) is 0 Å². The van der Waals surface area contributed by atoms with Crippen molar-refractivity contribution in [3.8, 4) is 0 Å². The van der Waals surface area contributed by atoms with Gasteiger partial charge in [-0.1, -0.05) is 12.1 Å². The minimum Gasteiger partial charge on any atom is -0.379 e. The number of morpholine rings is 1. The predicted molar refractivity (Wildman–Crippen MR) is 94.9 cm³/mol. The molecule has 1 atom stereocenters. The lowest BCUT2D eigenvalue weighted by molar-refractivity contribution is -0.116. The van der Waals surface area contributed by atoms with E-state index >= 15 is 0 Å². The van der Waals surface area contributed by atoms with Gasteiger partial charge in [-0.3, -0.25) is 9.69 Å². The summed E-state index contributed by atoms with van der Waals surface area (Å²) < 4.78 is 5.37. The van der Waals surface area contributed by atoms with E-state index in [0.717, 1.165) is 56.6 Å². The van der Waals surface area contributed by atoms with Crippen LogP contribution in [0.2, 0.25) is 0 Å². The molecule has 0 aliphatic carbocycles. The number of hydrogen-bond donors (Lipinski definition) is 2. The lowest BCUT2D eigenvalue weighted by atomic mass is 10.1. The Hall–Kier alpha value is -1.08. The van der Waals surface area contributed by atoms with Crippen molar-refractivity contribution in [2.24, 2.45) is 0 Å². The van der Waals surface area contributed by atoms with Gasteiger partial charge in [0.25, 0.3) is 0 Å². The van der Waals surface area contributed by atoms with Gasteiger partial charge in [0.15, 0.2) is 0 Å². The number of benzene rings is 1. The standard InChI is InChI=1S/C17H25N3O2S/c21-17(11-16-13-23-10-5-18-16)19-15-3-1-14(2-4-15)12-20-6-8-22-9-7-20/h1-4,16,18H,5-13H2,(H,19,21). The van der Waals surface area contributed by atoms with E-state index in [0.29, 0.717) is 12.5 Å². The largest absolute Gasteiger partial charge is 0.379 e. The number of rotatable bonds is 5. The first-order chi connectivity index (χ1) is 11.3. The number of hydrogen-bond acceptors (Lipinski definition) is 5. The summed E-state index contributed by atoms with van der Waals surface area (Å²) in [6.45, 7) is 5.57. The highest BCUT2D eigenvalue weighted by atomic mass is 32.2. The fourth-order valence-corrected chi connectivity index (χ4v) is 3.85. The molecule has 2 N–H and O–H groups in total. The minimum absolute atomic E-state index is 0.0888. The molecule has 2 aliphatic heterocycles. The number of nitrogens with one attached hydrogen (secondary N) is 2. The number of thioether (sulfide) groups is 1. The van der Waals surface area contributed by atoms with Gasteiger partial charge >= 0.3 is 0 Å². The number of nitrogens with zero attached hydrogens (tertiary/aromatic N) is 1. The molecular weight excluding hydrogens is 310 g/mol. The van der Waals surface area contributed by atoms with Gasteiger partial charge in [0.2, 0.25) is 5.91 Å². The molecule has 23 heavy (non-hydrogen) atoms. The Morgan fingerprint density at radius 3 is 2.78 bits per heavy atom. The van der Waals surface area contributed by atoms with Crippen molar-refractivity contribution in [1.82, 2.24) is 10.2 Å². The molecule has 1 unspecified atom stereocenters. The van der Waals surface area contributed by atoms with Gasteiger partial charge in [-0.25, -0.2) is 0 Å². The molecule has 0 spiro atoms. The molecule has 6 heteroatoms. The van der Waals surface area contributed by atoms with Gasteiger partial charge in [-0.05, 0) is 17.7 Å². The summed E-state index contributed by atoms with van der Waals surface area (Å²) in [5.74, 6) is 2.25. The molecule has 0 aromatic heterocycles.